The normalized spacial score (nSPS) is 17.2. The highest BCUT2D eigenvalue weighted by Gasteiger charge is 2.43. The smallest absolute Gasteiger partial charge is 0.174 e. The Morgan fingerprint density at radius 2 is 1.72 bits per heavy atom. The quantitative estimate of drug-likeness (QED) is 0.301. The van der Waals surface area contributed by atoms with Crippen molar-refractivity contribution in [2.45, 2.75) is 25.9 Å². The van der Waals surface area contributed by atoms with Crippen LogP contribution in [0.3, 0.4) is 0 Å². The first kappa shape index (κ1) is 24.2. The number of nitrogens with zero attached hydrogens (tertiary/aromatic N) is 3. The molecule has 36 heavy (non-hydrogen) atoms. The van der Waals surface area contributed by atoms with E-state index in [0.717, 1.165) is 39.8 Å². The summed E-state index contributed by atoms with van der Waals surface area (Å²) in [7, 11) is 3.31. The molecule has 1 aliphatic heterocycles. The van der Waals surface area contributed by atoms with Gasteiger partial charge in [-0.15, -0.1) is 0 Å². The number of aryl methyl sites for hydroxylation is 1. The van der Waals surface area contributed by atoms with Crippen LogP contribution in [0.4, 0.5) is 5.69 Å². The van der Waals surface area contributed by atoms with Crippen LogP contribution in [0.25, 0.3) is 5.69 Å². The molecule has 4 aromatic rings. The maximum absolute atomic E-state index is 6.61. The van der Waals surface area contributed by atoms with Gasteiger partial charge in [0, 0.05) is 23.7 Å². The lowest BCUT2D eigenvalue weighted by molar-refractivity contribution is 0.403. The number of aromatic nitrogens is 2. The molecule has 2 aromatic carbocycles. The van der Waals surface area contributed by atoms with Gasteiger partial charge in [0.05, 0.1) is 48.4 Å². The first-order valence-electron chi connectivity index (χ1n) is 11.6. The number of hydrogen-bond donors (Lipinski definition) is 1. The predicted molar refractivity (Wildman–Crippen MR) is 148 cm³/mol. The van der Waals surface area contributed by atoms with Crippen LogP contribution in [0.5, 0.6) is 11.5 Å². The Balaban J connectivity index is 1.73. The van der Waals surface area contributed by atoms with Crippen molar-refractivity contribution in [1.82, 2.24) is 14.9 Å². The molecule has 0 bridgehead atoms. The van der Waals surface area contributed by atoms with Gasteiger partial charge in [-0.25, -0.2) is 0 Å². The molecule has 184 valence electrons. The maximum Gasteiger partial charge on any atom is 0.174 e. The monoisotopic (exact) mass is 518 g/mol. The number of benzene rings is 2. The lowest BCUT2D eigenvalue weighted by Crippen LogP contribution is -2.30. The number of hydrogen-bond acceptors (Lipinski definition) is 4. The average molecular weight is 519 g/mol. The summed E-state index contributed by atoms with van der Waals surface area (Å²) < 4.78 is 13.5. The van der Waals surface area contributed by atoms with Crippen LogP contribution >= 0.6 is 23.8 Å². The highest BCUT2D eigenvalue weighted by atomic mass is 35.5. The summed E-state index contributed by atoms with van der Waals surface area (Å²) in [5.41, 5.74) is 5.92. The lowest BCUT2D eigenvalue weighted by atomic mass is 9.96. The van der Waals surface area contributed by atoms with Crippen molar-refractivity contribution in [3.05, 3.63) is 101 Å². The van der Waals surface area contributed by atoms with Crippen molar-refractivity contribution in [3.63, 3.8) is 0 Å². The third-order valence-corrected chi connectivity index (χ3v) is 7.26. The van der Waals surface area contributed by atoms with E-state index < -0.39 is 0 Å². The Hall–Kier alpha value is -3.55. The van der Waals surface area contributed by atoms with Crippen LogP contribution in [0.2, 0.25) is 5.02 Å². The van der Waals surface area contributed by atoms with Crippen molar-refractivity contribution in [2.75, 3.05) is 19.1 Å². The van der Waals surface area contributed by atoms with Crippen molar-refractivity contribution < 1.29 is 9.47 Å². The largest absolute Gasteiger partial charge is 0.497 e. The van der Waals surface area contributed by atoms with Gasteiger partial charge < -0.3 is 24.3 Å². The lowest BCUT2D eigenvalue weighted by Gasteiger charge is -2.29. The molecule has 2 unspecified atom stereocenters. The van der Waals surface area contributed by atoms with E-state index in [2.05, 4.69) is 39.7 Å². The maximum atomic E-state index is 6.61. The van der Waals surface area contributed by atoms with Crippen molar-refractivity contribution >= 4 is 34.6 Å². The van der Waals surface area contributed by atoms with E-state index >= 15 is 0 Å². The minimum atomic E-state index is -0.198. The Morgan fingerprint density at radius 1 is 0.944 bits per heavy atom. The fraction of sp³-hybridized carbons (Fsp3) is 0.214. The second kappa shape index (κ2) is 9.84. The molecular formula is C28H27ClN4O2S. The van der Waals surface area contributed by atoms with Crippen LogP contribution < -0.4 is 19.7 Å². The molecule has 1 aliphatic rings. The molecule has 1 saturated heterocycles. The number of thiocarbonyl (C=S) groups is 1. The summed E-state index contributed by atoms with van der Waals surface area (Å²) >= 11 is 12.5. The number of pyridine rings is 1. The Bertz CT molecular complexity index is 1420. The molecule has 0 amide bonds. The molecule has 2 aromatic heterocycles. The first-order chi connectivity index (χ1) is 17.4. The third-order valence-electron chi connectivity index (χ3n) is 6.63. The van der Waals surface area contributed by atoms with Gasteiger partial charge in [0.2, 0.25) is 0 Å². The topological polar surface area (TPSA) is 51.6 Å². The highest BCUT2D eigenvalue weighted by Crippen LogP contribution is 2.47. The van der Waals surface area contributed by atoms with E-state index in [4.69, 9.17) is 33.3 Å². The molecule has 1 N–H and O–H groups in total. The molecule has 8 heteroatoms. The van der Waals surface area contributed by atoms with E-state index in [9.17, 15) is 0 Å². The summed E-state index contributed by atoms with van der Waals surface area (Å²) in [4.78, 5) is 6.78. The summed E-state index contributed by atoms with van der Waals surface area (Å²) in [5.74, 6) is 1.42. The molecule has 0 aliphatic carbocycles. The van der Waals surface area contributed by atoms with Crippen LogP contribution in [0.1, 0.15) is 34.7 Å². The first-order valence-corrected chi connectivity index (χ1v) is 12.4. The number of para-hydroxylation sites is 1. The minimum Gasteiger partial charge on any atom is -0.497 e. The number of anilines is 1. The number of rotatable bonds is 6. The minimum absolute atomic E-state index is 0.185. The van der Waals surface area contributed by atoms with Gasteiger partial charge in [-0.1, -0.05) is 29.8 Å². The molecular weight excluding hydrogens is 492 g/mol. The summed E-state index contributed by atoms with van der Waals surface area (Å²) in [6.07, 6.45) is 1.80. The second-order valence-corrected chi connectivity index (χ2v) is 9.44. The Labute approximate surface area is 221 Å². The number of nitrogens with one attached hydrogen (secondary N) is 1. The number of halogens is 1. The Kier molecular flexibility index (Phi) is 6.60. The molecule has 5 rings (SSSR count). The molecule has 0 spiro atoms. The van der Waals surface area contributed by atoms with Gasteiger partial charge >= 0.3 is 0 Å². The molecule has 0 saturated carbocycles. The van der Waals surface area contributed by atoms with E-state index in [0.29, 0.717) is 15.9 Å². The highest BCUT2D eigenvalue weighted by molar-refractivity contribution is 7.80. The zero-order valence-electron chi connectivity index (χ0n) is 20.5. The van der Waals surface area contributed by atoms with Gasteiger partial charge in [-0.05, 0) is 74.1 Å². The van der Waals surface area contributed by atoms with Gasteiger partial charge in [0.25, 0.3) is 0 Å². The average Bonchev–Trinajstić information content (AvgIpc) is 3.39. The third kappa shape index (κ3) is 4.08. The van der Waals surface area contributed by atoms with Gasteiger partial charge in [-0.3, -0.25) is 4.98 Å². The van der Waals surface area contributed by atoms with E-state index in [1.807, 2.05) is 60.7 Å². The SMILES string of the molecule is COc1ccc(OC)c(N2C(=S)NC(c3ccccn3)C2c2cc(C)n(-c3ccccc3Cl)c2C)c1. The molecule has 3 heterocycles. The molecule has 1 fully saturated rings. The van der Waals surface area contributed by atoms with Crippen LogP contribution in [-0.2, 0) is 0 Å². The summed E-state index contributed by atoms with van der Waals surface area (Å²) in [6.45, 7) is 4.20. The van der Waals surface area contributed by atoms with Crippen LogP contribution in [-0.4, -0.2) is 28.9 Å². The van der Waals surface area contributed by atoms with Crippen LogP contribution in [0.15, 0.2) is 72.9 Å². The van der Waals surface area contributed by atoms with Crippen molar-refractivity contribution in [2.24, 2.45) is 0 Å². The van der Waals surface area contributed by atoms with Gasteiger partial charge in [0.15, 0.2) is 5.11 Å². The summed E-state index contributed by atoms with van der Waals surface area (Å²) in [5, 5.41) is 4.81. The summed E-state index contributed by atoms with van der Waals surface area (Å²) in [6, 6.07) is 21.3. The van der Waals surface area contributed by atoms with Gasteiger partial charge in [0.1, 0.15) is 11.5 Å². The van der Waals surface area contributed by atoms with Crippen molar-refractivity contribution in [1.29, 1.82) is 0 Å². The standard InChI is InChI=1S/C28H27ClN4O2S/c1-17-15-20(18(2)32(17)23-11-6-5-9-21(23)29)27-26(22-10-7-8-14-30-22)31-28(36)33(27)24-16-19(34-3)12-13-25(24)35-4/h5-16,26-27H,1-4H3,(H,31,36). The molecule has 0 radical (unpaired) electrons. The zero-order valence-corrected chi connectivity index (χ0v) is 22.1. The molecule has 6 nitrogen and oxygen atoms in total. The fourth-order valence-corrected chi connectivity index (χ4v) is 5.57. The van der Waals surface area contributed by atoms with E-state index in [1.54, 1.807) is 20.4 Å². The van der Waals surface area contributed by atoms with Crippen LogP contribution in [0, 0.1) is 13.8 Å². The van der Waals surface area contributed by atoms with E-state index in [1.165, 1.54) is 0 Å². The fourth-order valence-electron chi connectivity index (χ4n) is 5.01. The number of ether oxygens (including phenoxy) is 2. The molecule has 2 atom stereocenters. The second-order valence-electron chi connectivity index (χ2n) is 8.65. The van der Waals surface area contributed by atoms with Crippen molar-refractivity contribution in [3.8, 4) is 17.2 Å². The Morgan fingerprint density at radius 3 is 2.42 bits per heavy atom. The zero-order chi connectivity index (χ0) is 25.4. The number of methoxy groups -OCH3 is 2. The van der Waals surface area contributed by atoms with E-state index in [-0.39, 0.29) is 12.1 Å². The predicted octanol–water partition coefficient (Wildman–Crippen LogP) is 6.34. The van der Waals surface area contributed by atoms with Gasteiger partial charge in [-0.2, -0.15) is 0 Å².